The first kappa shape index (κ1) is 10.6. The Kier molecular flexibility index (Phi) is 2.15. The van der Waals surface area contributed by atoms with Crippen molar-refractivity contribution in [3.63, 3.8) is 0 Å². The van der Waals surface area contributed by atoms with Gasteiger partial charge in [-0.25, -0.2) is 9.97 Å². The lowest BCUT2D eigenvalue weighted by molar-refractivity contribution is 0.121. The number of anilines is 1. The topological polar surface area (TPSA) is 66.0 Å². The molecule has 96 valence electrons. The van der Waals surface area contributed by atoms with Crippen LogP contribution in [0, 0.1) is 0 Å². The van der Waals surface area contributed by atoms with Crippen molar-refractivity contribution >= 4 is 27.8 Å². The van der Waals surface area contributed by atoms with E-state index in [1.54, 1.807) is 0 Å². The molecule has 5 heteroatoms. The van der Waals surface area contributed by atoms with Crippen LogP contribution >= 0.6 is 0 Å². The number of aromatic nitrogens is 3. The fraction of sp³-hybridized carbons (Fsp3) is 0.286. The van der Waals surface area contributed by atoms with Crippen molar-refractivity contribution in [2.24, 2.45) is 0 Å². The van der Waals surface area contributed by atoms with E-state index in [1.165, 1.54) is 0 Å². The van der Waals surface area contributed by atoms with Crippen LogP contribution in [0.4, 0.5) is 5.82 Å². The molecule has 0 unspecified atom stereocenters. The third-order valence-electron chi connectivity index (χ3n) is 3.56. The van der Waals surface area contributed by atoms with Crippen molar-refractivity contribution in [3.8, 4) is 0 Å². The van der Waals surface area contributed by atoms with Crippen LogP contribution < -0.4 is 10.6 Å². The number of rotatable bonds is 0. The molecule has 0 saturated heterocycles. The van der Waals surface area contributed by atoms with E-state index in [-0.39, 0.29) is 0 Å². The van der Waals surface area contributed by atoms with Gasteiger partial charge in [0.1, 0.15) is 23.5 Å². The molecular formula is C14H14N4O. The number of hydrogen-bond acceptors (Lipinski definition) is 4. The molecule has 2 aromatic heterocycles. The predicted octanol–water partition coefficient (Wildman–Crippen LogP) is 1.93. The number of para-hydroxylation sites is 1. The van der Waals surface area contributed by atoms with Crippen LogP contribution in [0.15, 0.2) is 24.3 Å². The highest BCUT2D eigenvalue weighted by Gasteiger charge is 2.19. The summed E-state index contributed by atoms with van der Waals surface area (Å²) in [5.74, 6) is 1.41. The molecule has 1 aromatic carbocycles. The number of pyridine rings is 1. The van der Waals surface area contributed by atoms with Crippen molar-refractivity contribution in [3.05, 3.63) is 30.1 Å². The quantitative estimate of drug-likeness (QED) is 0.665. The van der Waals surface area contributed by atoms with Gasteiger partial charge in [-0.15, -0.1) is 0 Å². The Bertz CT molecular complexity index is 778. The minimum absolute atomic E-state index is 0.470. The molecule has 0 atom stereocenters. The Morgan fingerprint density at radius 2 is 2.05 bits per heavy atom. The Morgan fingerprint density at radius 3 is 3.00 bits per heavy atom. The van der Waals surface area contributed by atoms with Crippen LogP contribution in [-0.2, 0) is 6.42 Å². The van der Waals surface area contributed by atoms with Crippen LogP contribution in [0.2, 0.25) is 0 Å². The van der Waals surface area contributed by atoms with Gasteiger partial charge in [0.05, 0.1) is 5.52 Å². The normalized spacial score (nSPS) is 15.2. The second-order valence-corrected chi connectivity index (χ2v) is 4.82. The summed E-state index contributed by atoms with van der Waals surface area (Å²) in [6.07, 6.45) is 3.07. The predicted molar refractivity (Wildman–Crippen MR) is 73.8 cm³/mol. The summed E-state index contributed by atoms with van der Waals surface area (Å²) in [5, 5.41) is 1.03. The van der Waals surface area contributed by atoms with Crippen LogP contribution in [0.1, 0.15) is 18.7 Å². The summed E-state index contributed by atoms with van der Waals surface area (Å²) >= 11 is 0. The van der Waals surface area contributed by atoms with Gasteiger partial charge in [-0.1, -0.05) is 18.2 Å². The van der Waals surface area contributed by atoms with E-state index < -0.39 is 0 Å². The SMILES string of the molecule is Nc1nc2ccccc2c2c1nc1n2OCCCC1. The van der Waals surface area contributed by atoms with Crippen LogP contribution in [0.3, 0.4) is 0 Å². The molecule has 0 amide bonds. The minimum Gasteiger partial charge on any atom is -0.412 e. The number of nitrogen functional groups attached to an aromatic ring is 1. The van der Waals surface area contributed by atoms with E-state index >= 15 is 0 Å². The molecule has 1 aliphatic heterocycles. The summed E-state index contributed by atoms with van der Waals surface area (Å²) in [7, 11) is 0. The molecule has 3 aromatic rings. The summed E-state index contributed by atoms with van der Waals surface area (Å²) in [6.45, 7) is 0.717. The monoisotopic (exact) mass is 254 g/mol. The van der Waals surface area contributed by atoms with E-state index in [0.29, 0.717) is 5.82 Å². The highest BCUT2D eigenvalue weighted by Crippen LogP contribution is 2.29. The fourth-order valence-electron chi connectivity index (χ4n) is 2.66. The van der Waals surface area contributed by atoms with Crippen molar-refractivity contribution in [1.29, 1.82) is 0 Å². The molecule has 0 bridgehead atoms. The van der Waals surface area contributed by atoms with Gasteiger partial charge in [0, 0.05) is 11.8 Å². The number of imidazole rings is 1. The van der Waals surface area contributed by atoms with Crippen molar-refractivity contribution < 1.29 is 4.84 Å². The maximum Gasteiger partial charge on any atom is 0.152 e. The number of hydrogen-bond donors (Lipinski definition) is 1. The van der Waals surface area contributed by atoms with Crippen molar-refractivity contribution in [2.75, 3.05) is 12.3 Å². The summed E-state index contributed by atoms with van der Waals surface area (Å²) in [6, 6.07) is 7.95. The van der Waals surface area contributed by atoms with Crippen LogP contribution in [-0.4, -0.2) is 21.3 Å². The third kappa shape index (κ3) is 1.47. The van der Waals surface area contributed by atoms with Gasteiger partial charge in [-0.05, 0) is 18.9 Å². The standard InChI is InChI=1S/C14H14N4O/c15-14-12-13(9-5-1-2-6-10(9)16-14)18-11(17-12)7-3-4-8-19-18/h1-2,5-6H,3-4,7-8H2,(H2,15,16). The van der Waals surface area contributed by atoms with Gasteiger partial charge in [-0.3, -0.25) is 0 Å². The second kappa shape index (κ2) is 3.85. The molecule has 0 radical (unpaired) electrons. The summed E-state index contributed by atoms with van der Waals surface area (Å²) < 4.78 is 1.85. The summed E-state index contributed by atoms with van der Waals surface area (Å²) in [5.41, 5.74) is 8.60. The van der Waals surface area contributed by atoms with Crippen molar-refractivity contribution in [1.82, 2.24) is 14.7 Å². The van der Waals surface area contributed by atoms with Gasteiger partial charge in [-0.2, -0.15) is 4.73 Å². The lowest BCUT2D eigenvalue weighted by Crippen LogP contribution is -2.12. The Hall–Kier alpha value is -2.30. The second-order valence-electron chi connectivity index (χ2n) is 4.82. The third-order valence-corrected chi connectivity index (χ3v) is 3.56. The average Bonchev–Trinajstić information content (AvgIpc) is 2.64. The molecule has 3 heterocycles. The molecule has 4 rings (SSSR count). The first-order valence-electron chi connectivity index (χ1n) is 6.53. The number of benzene rings is 1. The first-order chi connectivity index (χ1) is 9.34. The maximum absolute atomic E-state index is 6.03. The maximum atomic E-state index is 6.03. The Balaban J connectivity index is 2.17. The first-order valence-corrected chi connectivity index (χ1v) is 6.53. The lowest BCUT2D eigenvalue weighted by Gasteiger charge is -2.08. The Morgan fingerprint density at radius 1 is 1.16 bits per heavy atom. The molecule has 2 N–H and O–H groups in total. The van der Waals surface area contributed by atoms with E-state index in [0.717, 1.165) is 53.6 Å². The number of nitrogens with two attached hydrogens (primary N) is 1. The molecule has 1 aliphatic rings. The average molecular weight is 254 g/mol. The van der Waals surface area contributed by atoms with Gasteiger partial charge < -0.3 is 10.6 Å². The Labute approximate surface area is 110 Å². The fourth-order valence-corrected chi connectivity index (χ4v) is 2.66. The molecule has 5 nitrogen and oxygen atoms in total. The zero-order valence-corrected chi connectivity index (χ0v) is 10.5. The number of nitrogens with zero attached hydrogens (tertiary/aromatic N) is 3. The van der Waals surface area contributed by atoms with Gasteiger partial charge in [0.2, 0.25) is 0 Å². The number of fused-ring (bicyclic) bond motifs is 5. The zero-order chi connectivity index (χ0) is 12.8. The molecule has 19 heavy (non-hydrogen) atoms. The van der Waals surface area contributed by atoms with E-state index in [4.69, 9.17) is 10.6 Å². The highest BCUT2D eigenvalue weighted by atomic mass is 16.7. The van der Waals surface area contributed by atoms with Crippen LogP contribution in [0.25, 0.3) is 21.9 Å². The number of aryl methyl sites for hydroxylation is 1. The lowest BCUT2D eigenvalue weighted by atomic mass is 10.2. The zero-order valence-electron chi connectivity index (χ0n) is 10.5. The highest BCUT2D eigenvalue weighted by molar-refractivity contribution is 6.06. The molecule has 0 spiro atoms. The van der Waals surface area contributed by atoms with E-state index in [1.807, 2.05) is 29.0 Å². The van der Waals surface area contributed by atoms with Gasteiger partial charge in [0.25, 0.3) is 0 Å². The van der Waals surface area contributed by atoms with Crippen LogP contribution in [0.5, 0.6) is 0 Å². The smallest absolute Gasteiger partial charge is 0.152 e. The molecule has 0 fully saturated rings. The van der Waals surface area contributed by atoms with E-state index in [9.17, 15) is 0 Å². The largest absolute Gasteiger partial charge is 0.412 e. The van der Waals surface area contributed by atoms with Gasteiger partial charge >= 0.3 is 0 Å². The minimum atomic E-state index is 0.470. The molecule has 0 aliphatic carbocycles. The van der Waals surface area contributed by atoms with E-state index in [2.05, 4.69) is 9.97 Å². The van der Waals surface area contributed by atoms with Gasteiger partial charge in [0.15, 0.2) is 5.82 Å². The summed E-state index contributed by atoms with van der Waals surface area (Å²) in [4.78, 5) is 14.9. The molecule has 0 saturated carbocycles. The molecular weight excluding hydrogens is 240 g/mol. The van der Waals surface area contributed by atoms with Crippen molar-refractivity contribution in [2.45, 2.75) is 19.3 Å².